The van der Waals surface area contributed by atoms with E-state index < -0.39 is 24.4 Å². The second-order valence-corrected chi connectivity index (χ2v) is 7.89. The molecule has 0 spiro atoms. The SMILES string of the molecule is CC1C(c2nc(-c3cnc(N)c(OC(F)F)c3)cc(N3CC4CC3CO4)n2)C1(F)F. The van der Waals surface area contributed by atoms with E-state index in [1.807, 2.05) is 4.90 Å². The summed E-state index contributed by atoms with van der Waals surface area (Å²) in [5, 5.41) is 0. The van der Waals surface area contributed by atoms with Crippen LogP contribution in [-0.4, -0.2) is 52.8 Å². The van der Waals surface area contributed by atoms with Crippen molar-refractivity contribution >= 4 is 11.6 Å². The molecule has 2 saturated heterocycles. The van der Waals surface area contributed by atoms with E-state index in [1.165, 1.54) is 19.2 Å². The molecule has 0 radical (unpaired) electrons. The zero-order valence-corrected chi connectivity index (χ0v) is 15.9. The lowest BCUT2D eigenvalue weighted by atomic mass is 10.1. The van der Waals surface area contributed by atoms with Crippen LogP contribution in [0.1, 0.15) is 25.1 Å². The van der Waals surface area contributed by atoms with E-state index in [4.69, 9.17) is 10.5 Å². The summed E-state index contributed by atoms with van der Waals surface area (Å²) >= 11 is 0. The van der Waals surface area contributed by atoms with Crippen LogP contribution in [0.5, 0.6) is 5.75 Å². The molecule has 3 fully saturated rings. The van der Waals surface area contributed by atoms with Gasteiger partial charge in [-0.15, -0.1) is 0 Å². The number of nitrogens with zero attached hydrogens (tertiary/aromatic N) is 4. The molecule has 2 bridgehead atoms. The molecule has 160 valence electrons. The maximum atomic E-state index is 14.1. The molecule has 7 nitrogen and oxygen atoms in total. The summed E-state index contributed by atoms with van der Waals surface area (Å²) in [5.74, 6) is -4.82. The highest BCUT2D eigenvalue weighted by molar-refractivity contribution is 5.67. The minimum atomic E-state index is -3.08. The van der Waals surface area contributed by atoms with Gasteiger partial charge >= 0.3 is 6.61 Å². The number of fused-ring (bicyclic) bond motifs is 2. The van der Waals surface area contributed by atoms with E-state index in [9.17, 15) is 17.6 Å². The third kappa shape index (κ3) is 3.11. The van der Waals surface area contributed by atoms with Gasteiger partial charge in [-0.05, 0) is 12.5 Å². The van der Waals surface area contributed by atoms with Gasteiger partial charge in [-0.2, -0.15) is 8.78 Å². The minimum absolute atomic E-state index is 0.0249. The van der Waals surface area contributed by atoms with Crippen LogP contribution in [0.2, 0.25) is 0 Å². The predicted octanol–water partition coefficient (Wildman–Crippen LogP) is 3.07. The smallest absolute Gasteiger partial charge is 0.387 e. The Balaban J connectivity index is 1.57. The lowest BCUT2D eigenvalue weighted by Gasteiger charge is -2.28. The maximum Gasteiger partial charge on any atom is 0.387 e. The monoisotopic (exact) mass is 425 g/mol. The Morgan fingerprint density at radius 1 is 1.30 bits per heavy atom. The maximum absolute atomic E-state index is 14.1. The lowest BCUT2D eigenvalue weighted by molar-refractivity contribution is -0.0494. The predicted molar refractivity (Wildman–Crippen MR) is 98.7 cm³/mol. The fourth-order valence-corrected chi connectivity index (χ4v) is 4.23. The Hall–Kier alpha value is -2.69. The summed E-state index contributed by atoms with van der Waals surface area (Å²) in [6.07, 6.45) is 2.28. The van der Waals surface area contributed by atoms with E-state index >= 15 is 0 Å². The molecule has 30 heavy (non-hydrogen) atoms. The molecule has 1 aliphatic carbocycles. The minimum Gasteiger partial charge on any atom is -0.431 e. The van der Waals surface area contributed by atoms with E-state index in [-0.39, 0.29) is 29.5 Å². The van der Waals surface area contributed by atoms with E-state index in [1.54, 1.807) is 6.07 Å². The van der Waals surface area contributed by atoms with Crippen molar-refractivity contribution in [2.24, 2.45) is 5.92 Å². The molecule has 1 saturated carbocycles. The number of morpholine rings is 1. The second kappa shape index (κ2) is 6.66. The summed E-state index contributed by atoms with van der Waals surface area (Å²) in [5.41, 5.74) is 6.22. The third-order valence-electron chi connectivity index (χ3n) is 6.01. The molecule has 4 heterocycles. The van der Waals surface area contributed by atoms with Crippen molar-refractivity contribution in [3.8, 4) is 17.0 Å². The van der Waals surface area contributed by atoms with Crippen LogP contribution in [-0.2, 0) is 4.74 Å². The summed E-state index contributed by atoms with van der Waals surface area (Å²) in [6, 6.07) is 3.04. The number of nitrogens with two attached hydrogens (primary N) is 1. The number of alkyl halides is 4. The molecule has 2 aromatic rings. The Labute approximate surface area is 169 Å². The molecule has 0 amide bonds. The normalized spacial score (nSPS) is 28.9. The summed E-state index contributed by atoms with van der Waals surface area (Å²) in [7, 11) is 0. The number of rotatable bonds is 5. The highest BCUT2D eigenvalue weighted by Crippen LogP contribution is 2.60. The summed E-state index contributed by atoms with van der Waals surface area (Å²) in [6.45, 7) is -0.472. The van der Waals surface area contributed by atoms with E-state index in [0.717, 1.165) is 6.42 Å². The van der Waals surface area contributed by atoms with Crippen molar-refractivity contribution in [2.45, 2.75) is 43.9 Å². The standard InChI is InChI=1S/C19H19F4N5O2/c1-8-15(19(8,22)23)17-26-12(9-2-13(30-18(20)21)16(24)25-5-9)4-14(27-17)28-6-11-3-10(28)7-29-11/h2,4-5,8,10-11,15,18H,3,6-7H2,1H3,(H2,24,25). The average molecular weight is 425 g/mol. The number of anilines is 2. The Morgan fingerprint density at radius 3 is 2.67 bits per heavy atom. The first kappa shape index (κ1) is 19.3. The molecule has 4 atom stereocenters. The first-order chi connectivity index (χ1) is 14.2. The van der Waals surface area contributed by atoms with Gasteiger partial charge in [0.05, 0.1) is 30.4 Å². The van der Waals surface area contributed by atoms with Crippen molar-refractivity contribution in [3.63, 3.8) is 0 Å². The van der Waals surface area contributed by atoms with Crippen LogP contribution >= 0.6 is 0 Å². The molecule has 0 aromatic carbocycles. The molecule has 2 N–H and O–H groups in total. The highest BCUT2D eigenvalue weighted by Gasteiger charge is 2.67. The fraction of sp³-hybridized carbons (Fsp3) is 0.526. The van der Waals surface area contributed by atoms with Crippen LogP contribution in [0, 0.1) is 5.92 Å². The first-order valence-electron chi connectivity index (χ1n) is 9.59. The zero-order chi connectivity index (χ0) is 21.2. The number of pyridine rings is 1. The van der Waals surface area contributed by atoms with Gasteiger partial charge in [0.1, 0.15) is 11.6 Å². The van der Waals surface area contributed by atoms with Crippen molar-refractivity contribution < 1.29 is 27.0 Å². The molecule has 3 aliphatic rings. The van der Waals surface area contributed by atoms with Gasteiger partial charge in [-0.1, -0.05) is 6.92 Å². The van der Waals surface area contributed by atoms with Crippen LogP contribution in [0.15, 0.2) is 18.3 Å². The van der Waals surface area contributed by atoms with Crippen LogP contribution < -0.4 is 15.4 Å². The van der Waals surface area contributed by atoms with Crippen LogP contribution in [0.4, 0.5) is 29.2 Å². The molecule has 11 heteroatoms. The van der Waals surface area contributed by atoms with Gasteiger partial charge in [0.25, 0.3) is 5.92 Å². The lowest BCUT2D eigenvalue weighted by Crippen LogP contribution is -2.37. The number of hydrogen-bond donors (Lipinski definition) is 1. The van der Waals surface area contributed by atoms with Crippen molar-refractivity contribution in [1.82, 2.24) is 15.0 Å². The quantitative estimate of drug-likeness (QED) is 0.737. The molecule has 2 aromatic heterocycles. The van der Waals surface area contributed by atoms with Crippen molar-refractivity contribution in [2.75, 3.05) is 23.8 Å². The average Bonchev–Trinajstić information content (AvgIpc) is 3.09. The molecular formula is C19H19F4N5O2. The number of ether oxygens (including phenoxy) is 2. The van der Waals surface area contributed by atoms with Gasteiger partial charge in [-0.3, -0.25) is 0 Å². The Morgan fingerprint density at radius 2 is 2.07 bits per heavy atom. The highest BCUT2D eigenvalue weighted by atomic mass is 19.3. The van der Waals surface area contributed by atoms with Crippen LogP contribution in [0.25, 0.3) is 11.3 Å². The molecular weight excluding hydrogens is 406 g/mol. The van der Waals surface area contributed by atoms with Gasteiger partial charge in [0, 0.05) is 30.3 Å². The van der Waals surface area contributed by atoms with E-state index in [0.29, 0.717) is 30.2 Å². The largest absolute Gasteiger partial charge is 0.431 e. The van der Waals surface area contributed by atoms with Gasteiger partial charge in [0.2, 0.25) is 0 Å². The molecule has 2 aliphatic heterocycles. The fourth-order valence-electron chi connectivity index (χ4n) is 4.23. The van der Waals surface area contributed by atoms with Gasteiger partial charge in [-0.25, -0.2) is 23.7 Å². The van der Waals surface area contributed by atoms with Gasteiger partial charge < -0.3 is 20.1 Å². The second-order valence-electron chi connectivity index (χ2n) is 7.89. The topological polar surface area (TPSA) is 86.4 Å². The van der Waals surface area contributed by atoms with E-state index in [2.05, 4.69) is 19.7 Å². The Bertz CT molecular complexity index is 991. The number of halogens is 4. The van der Waals surface area contributed by atoms with Gasteiger partial charge in [0.15, 0.2) is 11.6 Å². The number of hydrogen-bond acceptors (Lipinski definition) is 7. The molecule has 4 unspecified atom stereocenters. The summed E-state index contributed by atoms with van der Waals surface area (Å²) in [4.78, 5) is 14.7. The summed E-state index contributed by atoms with van der Waals surface area (Å²) < 4.78 is 63.5. The number of nitrogen functional groups attached to an aromatic ring is 1. The van der Waals surface area contributed by atoms with Crippen molar-refractivity contribution in [3.05, 3.63) is 24.2 Å². The van der Waals surface area contributed by atoms with Crippen molar-refractivity contribution in [1.29, 1.82) is 0 Å². The zero-order valence-electron chi connectivity index (χ0n) is 15.9. The van der Waals surface area contributed by atoms with Crippen LogP contribution in [0.3, 0.4) is 0 Å². The molecule has 5 rings (SSSR count). The first-order valence-corrected chi connectivity index (χ1v) is 9.59. The third-order valence-corrected chi connectivity index (χ3v) is 6.01. The number of aromatic nitrogens is 3. The Kier molecular flexibility index (Phi) is 4.28.